The number of hydrogen-bond acceptors (Lipinski definition) is 3. The summed E-state index contributed by atoms with van der Waals surface area (Å²) >= 11 is 14.0. The molecule has 3 rings (SSSR count). The molecule has 6 heteroatoms. The zero-order chi connectivity index (χ0) is 20.0. The van der Waals surface area contributed by atoms with Gasteiger partial charge in [0.1, 0.15) is 5.54 Å². The number of halogens is 1. The number of carbonyl (C=O) groups excluding carboxylic acids is 1. The van der Waals surface area contributed by atoms with Gasteiger partial charge in [-0.1, -0.05) is 48.0 Å². The lowest BCUT2D eigenvalue weighted by molar-refractivity contribution is -0.131. The first-order chi connectivity index (χ1) is 13.6. The van der Waals surface area contributed by atoms with Gasteiger partial charge in [-0.3, -0.25) is 4.79 Å². The summed E-state index contributed by atoms with van der Waals surface area (Å²) in [5.74, 6) is 1.09. The summed E-state index contributed by atoms with van der Waals surface area (Å²) in [5.41, 5.74) is 0.0689. The van der Waals surface area contributed by atoms with Crippen LogP contribution in [0.2, 0.25) is 5.02 Å². The Labute approximate surface area is 181 Å². The molecule has 0 heterocycles. The smallest absolute Gasteiger partial charge is 0.169 e. The maximum absolute atomic E-state index is 13.1. The molecule has 0 aliphatic heterocycles. The van der Waals surface area contributed by atoms with E-state index >= 15 is 0 Å². The summed E-state index contributed by atoms with van der Waals surface area (Å²) < 4.78 is 0. The van der Waals surface area contributed by atoms with Crippen molar-refractivity contribution in [2.75, 3.05) is 19.3 Å². The van der Waals surface area contributed by atoms with Gasteiger partial charge in [0.2, 0.25) is 0 Å². The van der Waals surface area contributed by atoms with E-state index in [1.54, 1.807) is 11.8 Å². The van der Waals surface area contributed by atoms with Gasteiger partial charge >= 0.3 is 0 Å². The number of nitrogens with one attached hydrogen (secondary N) is 1. The first kappa shape index (κ1) is 21.2. The van der Waals surface area contributed by atoms with Crippen molar-refractivity contribution in [3.63, 3.8) is 0 Å². The van der Waals surface area contributed by atoms with Gasteiger partial charge in [-0.15, -0.1) is 11.8 Å². The second kappa shape index (κ2) is 9.77. The molecule has 0 bridgehead atoms. The van der Waals surface area contributed by atoms with Crippen molar-refractivity contribution in [2.24, 2.45) is 0 Å². The third-order valence-corrected chi connectivity index (χ3v) is 7.00. The largest absolute Gasteiger partial charge is 0.362 e. The Kier molecular flexibility index (Phi) is 7.38. The number of Topliss-reactive ketones (excluding diaryl/α,β-unsaturated/α-hetero) is 1. The molecule has 2 aromatic rings. The number of thioether (sulfide) groups is 1. The van der Waals surface area contributed by atoms with E-state index in [9.17, 15) is 4.79 Å². The maximum Gasteiger partial charge on any atom is 0.169 e. The summed E-state index contributed by atoms with van der Waals surface area (Å²) in [5, 5.41) is 4.53. The lowest BCUT2D eigenvalue weighted by atomic mass is 9.74. The standard InChI is InChI=1S/C22H25ClN2OS2/c1-25(21(27)24-15-16-28-17-9-3-2-4-10-17)22(14-8-7-13-20(22)26)18-11-5-6-12-19(18)23/h2-6,9-12H,7-8,13-16H2,1H3,(H,24,27). The van der Waals surface area contributed by atoms with Gasteiger partial charge in [0.15, 0.2) is 10.9 Å². The second-order valence-electron chi connectivity index (χ2n) is 6.92. The Morgan fingerprint density at radius 2 is 1.89 bits per heavy atom. The first-order valence-corrected chi connectivity index (χ1v) is 11.3. The number of benzene rings is 2. The monoisotopic (exact) mass is 432 g/mol. The molecule has 2 aromatic carbocycles. The molecule has 0 amide bonds. The minimum atomic E-state index is -0.784. The number of likely N-dealkylation sites (N-methyl/N-ethyl adjacent to an activating group) is 1. The molecule has 1 saturated carbocycles. The highest BCUT2D eigenvalue weighted by Crippen LogP contribution is 2.42. The van der Waals surface area contributed by atoms with Gasteiger partial charge in [-0.05, 0) is 49.7 Å². The molecule has 28 heavy (non-hydrogen) atoms. The SMILES string of the molecule is CN(C(=S)NCCSc1ccccc1)C1(c2ccccc2Cl)CCCCC1=O. The third-order valence-electron chi connectivity index (χ3n) is 5.24. The van der Waals surface area contributed by atoms with Crippen LogP contribution in [0.1, 0.15) is 31.2 Å². The fourth-order valence-corrected chi connectivity index (χ4v) is 5.10. The summed E-state index contributed by atoms with van der Waals surface area (Å²) in [4.78, 5) is 16.3. The first-order valence-electron chi connectivity index (χ1n) is 9.53. The van der Waals surface area contributed by atoms with Crippen LogP contribution in [0.3, 0.4) is 0 Å². The molecule has 1 fully saturated rings. The van der Waals surface area contributed by atoms with Crippen molar-refractivity contribution >= 4 is 46.5 Å². The molecule has 1 N–H and O–H groups in total. The summed E-state index contributed by atoms with van der Waals surface area (Å²) in [6, 6.07) is 17.9. The maximum atomic E-state index is 13.1. The van der Waals surface area contributed by atoms with E-state index in [-0.39, 0.29) is 5.78 Å². The number of hydrogen-bond donors (Lipinski definition) is 1. The van der Waals surface area contributed by atoms with E-state index in [4.69, 9.17) is 23.8 Å². The second-order valence-corrected chi connectivity index (χ2v) is 8.89. The highest BCUT2D eigenvalue weighted by molar-refractivity contribution is 7.99. The summed E-state index contributed by atoms with van der Waals surface area (Å²) in [6.07, 6.45) is 3.19. The molecule has 0 aromatic heterocycles. The van der Waals surface area contributed by atoms with Crippen LogP contribution in [0.25, 0.3) is 0 Å². The molecule has 1 aliphatic carbocycles. The van der Waals surface area contributed by atoms with Crippen LogP contribution in [-0.4, -0.2) is 35.1 Å². The van der Waals surface area contributed by atoms with Crippen molar-refractivity contribution < 1.29 is 4.79 Å². The van der Waals surface area contributed by atoms with Crippen LogP contribution < -0.4 is 5.32 Å². The van der Waals surface area contributed by atoms with Crippen molar-refractivity contribution in [3.05, 3.63) is 65.2 Å². The van der Waals surface area contributed by atoms with Crippen LogP contribution in [0.15, 0.2) is 59.5 Å². The lowest BCUT2D eigenvalue weighted by Gasteiger charge is -2.45. The molecule has 0 saturated heterocycles. The predicted octanol–water partition coefficient (Wildman–Crippen LogP) is 5.28. The van der Waals surface area contributed by atoms with Crippen LogP contribution >= 0.6 is 35.6 Å². The van der Waals surface area contributed by atoms with E-state index in [2.05, 4.69) is 17.4 Å². The predicted molar refractivity (Wildman–Crippen MR) is 122 cm³/mol. The van der Waals surface area contributed by atoms with Gasteiger partial charge in [-0.2, -0.15) is 0 Å². The van der Waals surface area contributed by atoms with Crippen molar-refractivity contribution in [1.82, 2.24) is 10.2 Å². The average molecular weight is 433 g/mol. The Hall–Kier alpha value is -1.56. The summed E-state index contributed by atoms with van der Waals surface area (Å²) in [6.45, 7) is 0.732. The highest BCUT2D eigenvalue weighted by atomic mass is 35.5. The van der Waals surface area contributed by atoms with Crippen molar-refractivity contribution in [2.45, 2.75) is 36.1 Å². The normalized spacial score (nSPS) is 19.3. The number of nitrogens with zero attached hydrogens (tertiary/aromatic N) is 1. The van der Waals surface area contributed by atoms with E-state index < -0.39 is 5.54 Å². The van der Waals surface area contributed by atoms with E-state index in [1.165, 1.54) is 4.90 Å². The summed E-state index contributed by atoms with van der Waals surface area (Å²) in [7, 11) is 1.91. The van der Waals surface area contributed by atoms with E-state index in [1.807, 2.05) is 54.4 Å². The number of thiocarbonyl (C=S) groups is 1. The minimum absolute atomic E-state index is 0.192. The molecule has 0 spiro atoms. The molecule has 3 nitrogen and oxygen atoms in total. The minimum Gasteiger partial charge on any atom is -0.362 e. The third kappa shape index (κ3) is 4.53. The van der Waals surface area contributed by atoms with Crippen LogP contribution in [-0.2, 0) is 10.3 Å². The lowest BCUT2D eigenvalue weighted by Crippen LogP contribution is -2.56. The molecule has 1 aliphatic rings. The van der Waals surface area contributed by atoms with Gasteiger partial charge in [0.05, 0.1) is 0 Å². The van der Waals surface area contributed by atoms with Crippen LogP contribution in [0.4, 0.5) is 0 Å². The van der Waals surface area contributed by atoms with Crippen molar-refractivity contribution in [3.8, 4) is 0 Å². The fourth-order valence-electron chi connectivity index (χ4n) is 3.77. The van der Waals surface area contributed by atoms with Gasteiger partial charge in [-0.25, -0.2) is 0 Å². The number of rotatable bonds is 6. The molecule has 0 radical (unpaired) electrons. The van der Waals surface area contributed by atoms with Crippen LogP contribution in [0.5, 0.6) is 0 Å². The van der Waals surface area contributed by atoms with Crippen molar-refractivity contribution in [1.29, 1.82) is 0 Å². The van der Waals surface area contributed by atoms with Gasteiger partial charge < -0.3 is 10.2 Å². The Morgan fingerprint density at radius 1 is 1.18 bits per heavy atom. The Bertz CT molecular complexity index is 830. The van der Waals surface area contributed by atoms with Gasteiger partial charge in [0, 0.05) is 41.2 Å². The fraction of sp³-hybridized carbons (Fsp3) is 0.364. The zero-order valence-electron chi connectivity index (χ0n) is 16.0. The topological polar surface area (TPSA) is 32.3 Å². The molecule has 1 unspecified atom stereocenters. The molecular formula is C22H25ClN2OS2. The Morgan fingerprint density at radius 3 is 2.61 bits per heavy atom. The molecular weight excluding hydrogens is 408 g/mol. The van der Waals surface area contributed by atoms with Crippen LogP contribution in [0, 0.1) is 0 Å². The molecule has 1 atom stereocenters. The average Bonchev–Trinajstić information content (AvgIpc) is 2.72. The Balaban J connectivity index is 1.71. The number of ketones is 1. The van der Waals surface area contributed by atoms with E-state index in [0.29, 0.717) is 16.6 Å². The quantitative estimate of drug-likeness (QED) is 0.381. The zero-order valence-corrected chi connectivity index (χ0v) is 18.4. The van der Waals surface area contributed by atoms with E-state index in [0.717, 1.165) is 37.1 Å². The molecule has 148 valence electrons. The highest BCUT2D eigenvalue weighted by Gasteiger charge is 2.46. The van der Waals surface area contributed by atoms with Gasteiger partial charge in [0.25, 0.3) is 0 Å². The number of carbonyl (C=O) groups is 1.